The summed E-state index contributed by atoms with van der Waals surface area (Å²) in [5.74, 6) is 1.26. The average molecular weight is 407 g/mol. The van der Waals surface area contributed by atoms with Gasteiger partial charge in [0, 0.05) is 37.9 Å². The van der Waals surface area contributed by atoms with Crippen molar-refractivity contribution in [1.82, 2.24) is 14.9 Å². The number of nitrogens with one attached hydrogen (secondary N) is 1. The Balaban J connectivity index is 1.45. The molecular formula is C22H25N5O3. The number of urea groups is 1. The summed E-state index contributed by atoms with van der Waals surface area (Å²) in [5.41, 5.74) is 3.70. The van der Waals surface area contributed by atoms with Crippen LogP contribution in [0.1, 0.15) is 5.56 Å². The van der Waals surface area contributed by atoms with Gasteiger partial charge in [0.05, 0.1) is 25.3 Å². The summed E-state index contributed by atoms with van der Waals surface area (Å²) in [6.07, 6.45) is 0. The van der Waals surface area contributed by atoms with Crippen LogP contribution in [0.3, 0.4) is 0 Å². The molecule has 3 aromatic rings. The van der Waals surface area contributed by atoms with E-state index in [4.69, 9.17) is 9.47 Å². The molecule has 1 aromatic heterocycles. The van der Waals surface area contributed by atoms with E-state index in [1.165, 1.54) is 18.4 Å². The first-order chi connectivity index (χ1) is 14.6. The van der Waals surface area contributed by atoms with E-state index in [-0.39, 0.29) is 11.9 Å². The zero-order valence-electron chi connectivity index (χ0n) is 17.4. The van der Waals surface area contributed by atoms with E-state index in [1.54, 1.807) is 30.2 Å². The van der Waals surface area contributed by atoms with E-state index in [0.29, 0.717) is 35.7 Å². The lowest BCUT2D eigenvalue weighted by Crippen LogP contribution is -2.50. The Bertz CT molecular complexity index is 1060. The molecule has 1 fully saturated rings. The summed E-state index contributed by atoms with van der Waals surface area (Å²) >= 11 is 0. The molecule has 0 saturated carbocycles. The quantitative estimate of drug-likeness (QED) is 0.715. The van der Waals surface area contributed by atoms with Crippen LogP contribution in [-0.4, -0.2) is 61.3 Å². The molecule has 0 bridgehead atoms. The number of rotatable bonds is 4. The number of ether oxygens (including phenoxy) is 2. The third-order valence-electron chi connectivity index (χ3n) is 5.19. The number of nitrogens with zero attached hydrogens (tertiary/aromatic N) is 4. The van der Waals surface area contributed by atoms with Crippen LogP contribution in [0.25, 0.3) is 11.0 Å². The summed E-state index contributed by atoms with van der Waals surface area (Å²) in [6, 6.07) is 13.6. The molecule has 4 rings (SSSR count). The fourth-order valence-electron chi connectivity index (χ4n) is 3.54. The number of fused-ring (bicyclic) bond motifs is 1. The zero-order valence-corrected chi connectivity index (χ0v) is 17.4. The van der Waals surface area contributed by atoms with Gasteiger partial charge < -0.3 is 19.3 Å². The van der Waals surface area contributed by atoms with E-state index in [1.807, 2.05) is 0 Å². The Morgan fingerprint density at radius 2 is 1.77 bits per heavy atom. The maximum Gasteiger partial charge on any atom is 0.323 e. The Kier molecular flexibility index (Phi) is 5.56. The largest absolute Gasteiger partial charge is 0.497 e. The van der Waals surface area contributed by atoms with Gasteiger partial charge in [-0.25, -0.2) is 14.8 Å². The molecule has 0 spiro atoms. The lowest BCUT2D eigenvalue weighted by molar-refractivity contribution is 0.208. The summed E-state index contributed by atoms with van der Waals surface area (Å²) in [5, 5.41) is 2.85. The van der Waals surface area contributed by atoms with Crippen LogP contribution in [0.5, 0.6) is 11.6 Å². The van der Waals surface area contributed by atoms with Crippen LogP contribution in [-0.2, 0) is 0 Å². The van der Waals surface area contributed by atoms with Gasteiger partial charge in [0.1, 0.15) is 5.75 Å². The Labute approximate surface area is 175 Å². The highest BCUT2D eigenvalue weighted by Gasteiger charge is 2.23. The van der Waals surface area contributed by atoms with Crippen molar-refractivity contribution < 1.29 is 14.3 Å². The molecule has 0 radical (unpaired) electrons. The van der Waals surface area contributed by atoms with Crippen molar-refractivity contribution in [3.63, 3.8) is 0 Å². The normalized spacial score (nSPS) is 14.0. The molecular weight excluding hydrogens is 382 g/mol. The van der Waals surface area contributed by atoms with Crippen molar-refractivity contribution in [3.8, 4) is 11.6 Å². The average Bonchev–Trinajstić information content (AvgIpc) is 2.78. The van der Waals surface area contributed by atoms with Crippen LogP contribution in [0, 0.1) is 6.92 Å². The number of carbonyl (C=O) groups excluding carboxylic acids is 1. The van der Waals surface area contributed by atoms with Crippen molar-refractivity contribution in [2.24, 2.45) is 0 Å². The van der Waals surface area contributed by atoms with E-state index < -0.39 is 0 Å². The third-order valence-corrected chi connectivity index (χ3v) is 5.19. The van der Waals surface area contributed by atoms with Gasteiger partial charge in [-0.15, -0.1) is 0 Å². The number of aryl methyl sites for hydroxylation is 1. The smallest absolute Gasteiger partial charge is 0.323 e. The lowest BCUT2D eigenvalue weighted by Gasteiger charge is -2.36. The molecule has 156 valence electrons. The molecule has 1 aliphatic heterocycles. The Morgan fingerprint density at radius 3 is 2.47 bits per heavy atom. The zero-order chi connectivity index (χ0) is 21.1. The topological polar surface area (TPSA) is 79.8 Å². The van der Waals surface area contributed by atoms with Crippen molar-refractivity contribution >= 4 is 28.6 Å². The number of amides is 2. The molecule has 8 heteroatoms. The fourth-order valence-corrected chi connectivity index (χ4v) is 3.54. The minimum absolute atomic E-state index is 0.209. The van der Waals surface area contributed by atoms with Gasteiger partial charge in [-0.2, -0.15) is 0 Å². The third kappa shape index (κ3) is 4.07. The van der Waals surface area contributed by atoms with Gasteiger partial charge in [-0.3, -0.25) is 5.32 Å². The Morgan fingerprint density at radius 1 is 0.967 bits per heavy atom. The highest BCUT2D eigenvalue weighted by Crippen LogP contribution is 2.26. The van der Waals surface area contributed by atoms with Gasteiger partial charge in [-0.1, -0.05) is 12.1 Å². The van der Waals surface area contributed by atoms with Crippen LogP contribution in [0.4, 0.5) is 16.3 Å². The molecule has 8 nitrogen and oxygen atoms in total. The van der Waals surface area contributed by atoms with Crippen LogP contribution < -0.4 is 19.7 Å². The number of anilines is 2. The summed E-state index contributed by atoms with van der Waals surface area (Å²) in [7, 11) is 3.10. The van der Waals surface area contributed by atoms with Crippen molar-refractivity contribution in [2.75, 3.05) is 50.6 Å². The maximum atomic E-state index is 12.8. The van der Waals surface area contributed by atoms with E-state index in [2.05, 4.69) is 51.4 Å². The minimum atomic E-state index is -0.209. The molecule has 1 N–H and O–H groups in total. The fraction of sp³-hybridized carbons (Fsp3) is 0.318. The number of methoxy groups -OCH3 is 2. The molecule has 0 atom stereocenters. The second-order valence-electron chi connectivity index (χ2n) is 7.18. The van der Waals surface area contributed by atoms with Gasteiger partial charge in [0.15, 0.2) is 5.82 Å². The molecule has 0 unspecified atom stereocenters. The first kappa shape index (κ1) is 19.8. The van der Waals surface area contributed by atoms with Gasteiger partial charge in [0.2, 0.25) is 0 Å². The Hall–Kier alpha value is -3.55. The molecule has 1 aliphatic rings. The first-order valence-electron chi connectivity index (χ1n) is 9.84. The highest BCUT2D eigenvalue weighted by molar-refractivity contribution is 5.91. The van der Waals surface area contributed by atoms with Crippen molar-refractivity contribution in [1.29, 1.82) is 0 Å². The predicted octanol–water partition coefficient (Wildman–Crippen LogP) is 3.31. The number of aromatic nitrogens is 2. The van der Waals surface area contributed by atoms with Crippen LogP contribution >= 0.6 is 0 Å². The lowest BCUT2D eigenvalue weighted by atomic mass is 10.2. The molecule has 2 aromatic carbocycles. The molecule has 1 saturated heterocycles. The summed E-state index contributed by atoms with van der Waals surface area (Å²) < 4.78 is 10.6. The molecule has 0 aliphatic carbocycles. The van der Waals surface area contributed by atoms with Crippen LogP contribution in [0.15, 0.2) is 42.5 Å². The van der Waals surface area contributed by atoms with Crippen molar-refractivity contribution in [3.05, 3.63) is 48.0 Å². The standard InChI is InChI=1S/C22H25N5O3/c1-15-5-4-6-16(13-15)26-9-11-27(12-10-26)22(28)25-20-21(30-3)24-19-14-17(29-2)7-8-18(19)23-20/h4-8,13-14H,9-12H2,1-3H3,(H,23,25,28). The maximum absolute atomic E-state index is 12.8. The molecule has 30 heavy (non-hydrogen) atoms. The highest BCUT2D eigenvalue weighted by atomic mass is 16.5. The second-order valence-corrected chi connectivity index (χ2v) is 7.18. The van der Waals surface area contributed by atoms with E-state index >= 15 is 0 Å². The predicted molar refractivity (Wildman–Crippen MR) is 117 cm³/mol. The van der Waals surface area contributed by atoms with Crippen molar-refractivity contribution in [2.45, 2.75) is 6.92 Å². The number of benzene rings is 2. The minimum Gasteiger partial charge on any atom is -0.497 e. The molecule has 2 amide bonds. The first-order valence-corrected chi connectivity index (χ1v) is 9.84. The van der Waals surface area contributed by atoms with Crippen LogP contribution in [0.2, 0.25) is 0 Å². The number of piperazine rings is 1. The number of carbonyl (C=O) groups is 1. The summed E-state index contributed by atoms with van der Waals surface area (Å²) in [4.78, 5) is 25.9. The van der Waals surface area contributed by atoms with Gasteiger partial charge in [0.25, 0.3) is 5.88 Å². The SMILES string of the molecule is COc1ccc2nc(NC(=O)N3CCN(c4cccc(C)c4)CC3)c(OC)nc2c1. The number of hydrogen-bond donors (Lipinski definition) is 1. The van der Waals surface area contributed by atoms with Gasteiger partial charge in [-0.05, 0) is 36.8 Å². The second kappa shape index (κ2) is 8.44. The monoisotopic (exact) mass is 407 g/mol. The molecule has 2 heterocycles. The van der Waals surface area contributed by atoms with E-state index in [0.717, 1.165) is 13.1 Å². The summed E-state index contributed by atoms with van der Waals surface area (Å²) in [6.45, 7) is 4.89. The number of hydrogen-bond acceptors (Lipinski definition) is 6. The van der Waals surface area contributed by atoms with E-state index in [9.17, 15) is 4.79 Å². The van der Waals surface area contributed by atoms with Gasteiger partial charge >= 0.3 is 6.03 Å².